The van der Waals surface area contributed by atoms with Gasteiger partial charge in [-0.1, -0.05) is 12.2 Å². The number of anilines is 1. The van der Waals surface area contributed by atoms with E-state index in [0.717, 1.165) is 5.69 Å². The molecule has 3 N–H and O–H groups in total. The van der Waals surface area contributed by atoms with Crippen LogP contribution in [0.25, 0.3) is 0 Å². The fourth-order valence-corrected chi connectivity index (χ4v) is 1.79. The molecule has 0 fully saturated rings. The molecule has 0 saturated heterocycles. The Morgan fingerprint density at radius 2 is 2.10 bits per heavy atom. The van der Waals surface area contributed by atoms with Crippen LogP contribution in [0.15, 0.2) is 36.5 Å². The third-order valence-electron chi connectivity index (χ3n) is 2.67. The number of thiocarbonyl (C=S) groups is 1. The summed E-state index contributed by atoms with van der Waals surface area (Å²) in [6, 6.07) is 7.22. The molecular weight excluding hydrogens is 277 g/mol. The maximum absolute atomic E-state index is 13.2. The number of nitrogens with one attached hydrogen (secondary N) is 1. The Kier molecular flexibility index (Phi) is 4.05. The van der Waals surface area contributed by atoms with Crippen molar-refractivity contribution < 1.29 is 9.18 Å². The quantitative estimate of drug-likeness (QED) is 0.852. The number of pyridine rings is 1. The fraction of sp³-hybridized carbons (Fsp3) is 0.0714. The van der Waals surface area contributed by atoms with Crippen molar-refractivity contribution in [2.24, 2.45) is 5.73 Å². The van der Waals surface area contributed by atoms with Gasteiger partial charge < -0.3 is 11.1 Å². The Hall–Kier alpha value is -2.34. The molecule has 6 heteroatoms. The van der Waals surface area contributed by atoms with Crippen LogP contribution in [0.5, 0.6) is 0 Å². The molecule has 102 valence electrons. The minimum absolute atomic E-state index is 0.0156. The van der Waals surface area contributed by atoms with E-state index in [1.807, 2.05) is 6.92 Å². The van der Waals surface area contributed by atoms with E-state index in [2.05, 4.69) is 10.3 Å². The monoisotopic (exact) mass is 289 g/mol. The van der Waals surface area contributed by atoms with Crippen molar-refractivity contribution in [1.29, 1.82) is 0 Å². The minimum atomic E-state index is -0.470. The van der Waals surface area contributed by atoms with Gasteiger partial charge in [-0.25, -0.2) is 4.39 Å². The number of carbonyl (C=O) groups excluding carboxylic acids is 1. The topological polar surface area (TPSA) is 68.0 Å². The number of amides is 1. The summed E-state index contributed by atoms with van der Waals surface area (Å²) in [6.07, 6.45) is 1.47. The van der Waals surface area contributed by atoms with Crippen LogP contribution in [0, 0.1) is 12.7 Å². The first-order chi connectivity index (χ1) is 9.47. The summed E-state index contributed by atoms with van der Waals surface area (Å²) in [6.45, 7) is 1.83. The SMILES string of the molecule is Cc1ccc(C(=O)Nc2ccc(F)cc2C(N)=S)cn1. The van der Waals surface area contributed by atoms with Gasteiger partial charge in [-0.15, -0.1) is 0 Å². The highest BCUT2D eigenvalue weighted by Gasteiger charge is 2.11. The Morgan fingerprint density at radius 1 is 1.35 bits per heavy atom. The molecule has 0 saturated carbocycles. The lowest BCUT2D eigenvalue weighted by molar-refractivity contribution is 0.102. The number of hydrogen-bond acceptors (Lipinski definition) is 3. The lowest BCUT2D eigenvalue weighted by Crippen LogP contribution is -2.18. The third kappa shape index (κ3) is 3.16. The summed E-state index contributed by atoms with van der Waals surface area (Å²) in [4.78, 5) is 16.1. The minimum Gasteiger partial charge on any atom is -0.389 e. The highest BCUT2D eigenvalue weighted by Crippen LogP contribution is 2.18. The molecule has 0 aliphatic carbocycles. The first kappa shape index (κ1) is 14.1. The first-order valence-electron chi connectivity index (χ1n) is 5.81. The van der Waals surface area contributed by atoms with E-state index in [1.165, 1.54) is 24.4 Å². The van der Waals surface area contributed by atoms with E-state index >= 15 is 0 Å². The molecule has 4 nitrogen and oxygen atoms in total. The summed E-state index contributed by atoms with van der Waals surface area (Å²) in [7, 11) is 0. The van der Waals surface area contributed by atoms with Crippen LogP contribution in [0.4, 0.5) is 10.1 Å². The zero-order valence-corrected chi connectivity index (χ0v) is 11.5. The average molecular weight is 289 g/mol. The van der Waals surface area contributed by atoms with Gasteiger partial charge in [0.05, 0.1) is 11.3 Å². The Morgan fingerprint density at radius 3 is 2.70 bits per heavy atom. The maximum atomic E-state index is 13.2. The third-order valence-corrected chi connectivity index (χ3v) is 2.89. The van der Waals surface area contributed by atoms with Gasteiger partial charge in [0.2, 0.25) is 0 Å². The van der Waals surface area contributed by atoms with Crippen LogP contribution in [0.1, 0.15) is 21.6 Å². The Balaban J connectivity index is 2.28. The molecule has 0 aliphatic rings. The zero-order chi connectivity index (χ0) is 14.7. The molecule has 1 heterocycles. The fourth-order valence-electron chi connectivity index (χ4n) is 1.63. The average Bonchev–Trinajstić information content (AvgIpc) is 2.41. The summed E-state index contributed by atoms with van der Waals surface area (Å²) in [5, 5.41) is 2.64. The van der Waals surface area contributed by atoms with Crippen molar-refractivity contribution >= 4 is 28.8 Å². The summed E-state index contributed by atoms with van der Waals surface area (Å²) < 4.78 is 13.2. The molecule has 0 atom stereocenters. The van der Waals surface area contributed by atoms with Crippen molar-refractivity contribution in [3.05, 3.63) is 59.2 Å². The summed E-state index contributed by atoms with van der Waals surface area (Å²) in [5.41, 5.74) is 7.38. The molecule has 0 radical (unpaired) electrons. The largest absolute Gasteiger partial charge is 0.389 e. The molecule has 1 amide bonds. The van der Waals surface area contributed by atoms with Gasteiger partial charge in [0.1, 0.15) is 10.8 Å². The molecule has 0 spiro atoms. The second-order valence-corrected chi connectivity index (χ2v) is 4.64. The van der Waals surface area contributed by atoms with Gasteiger partial charge in [0.25, 0.3) is 5.91 Å². The second kappa shape index (κ2) is 5.75. The number of nitrogens with two attached hydrogens (primary N) is 1. The molecule has 0 bridgehead atoms. The lowest BCUT2D eigenvalue weighted by atomic mass is 10.1. The number of aromatic nitrogens is 1. The maximum Gasteiger partial charge on any atom is 0.257 e. The standard InChI is InChI=1S/C14H12FN3OS/c1-8-2-3-9(7-17-8)14(19)18-12-5-4-10(15)6-11(12)13(16)20/h2-7H,1H3,(H2,16,20)(H,18,19). The van der Waals surface area contributed by atoms with Gasteiger partial charge in [0, 0.05) is 17.5 Å². The van der Waals surface area contributed by atoms with Crippen LogP contribution < -0.4 is 11.1 Å². The Bertz CT molecular complexity index is 671. The second-order valence-electron chi connectivity index (χ2n) is 4.20. The number of aryl methyl sites for hydroxylation is 1. The molecule has 0 aliphatic heterocycles. The summed E-state index contributed by atoms with van der Waals surface area (Å²) >= 11 is 4.84. The van der Waals surface area contributed by atoms with E-state index < -0.39 is 5.82 Å². The molecule has 2 aromatic rings. The summed E-state index contributed by atoms with van der Waals surface area (Å²) in [5.74, 6) is -0.829. The first-order valence-corrected chi connectivity index (χ1v) is 6.21. The van der Waals surface area contributed by atoms with Crippen molar-refractivity contribution in [2.45, 2.75) is 6.92 Å². The van der Waals surface area contributed by atoms with Crippen LogP contribution in [0.2, 0.25) is 0 Å². The van der Waals surface area contributed by atoms with E-state index in [1.54, 1.807) is 12.1 Å². The number of rotatable bonds is 3. The normalized spacial score (nSPS) is 10.1. The predicted octanol–water partition coefficient (Wildman–Crippen LogP) is 2.42. The van der Waals surface area contributed by atoms with Crippen molar-refractivity contribution in [3.63, 3.8) is 0 Å². The highest BCUT2D eigenvalue weighted by molar-refractivity contribution is 7.80. The van der Waals surface area contributed by atoms with Gasteiger partial charge in [0.15, 0.2) is 0 Å². The predicted molar refractivity (Wildman–Crippen MR) is 79.2 cm³/mol. The number of benzene rings is 1. The number of nitrogens with zero attached hydrogens (tertiary/aromatic N) is 1. The number of halogens is 1. The smallest absolute Gasteiger partial charge is 0.257 e. The van der Waals surface area contributed by atoms with Crippen molar-refractivity contribution in [1.82, 2.24) is 4.98 Å². The molecule has 20 heavy (non-hydrogen) atoms. The molecule has 0 unspecified atom stereocenters. The van der Waals surface area contributed by atoms with E-state index in [4.69, 9.17) is 18.0 Å². The molecule has 1 aromatic carbocycles. The van der Waals surface area contributed by atoms with Crippen molar-refractivity contribution in [3.8, 4) is 0 Å². The van der Waals surface area contributed by atoms with Gasteiger partial charge >= 0.3 is 0 Å². The lowest BCUT2D eigenvalue weighted by Gasteiger charge is -2.10. The van der Waals surface area contributed by atoms with Crippen LogP contribution >= 0.6 is 12.2 Å². The van der Waals surface area contributed by atoms with Gasteiger partial charge in [-0.3, -0.25) is 9.78 Å². The zero-order valence-electron chi connectivity index (χ0n) is 10.7. The van der Waals surface area contributed by atoms with Crippen LogP contribution in [-0.2, 0) is 0 Å². The number of carbonyl (C=O) groups is 1. The Labute approximate surface area is 120 Å². The molecular formula is C14H12FN3OS. The van der Waals surface area contributed by atoms with E-state index in [9.17, 15) is 9.18 Å². The van der Waals surface area contributed by atoms with Crippen LogP contribution in [-0.4, -0.2) is 15.9 Å². The van der Waals surface area contributed by atoms with Gasteiger partial charge in [-0.2, -0.15) is 0 Å². The van der Waals surface area contributed by atoms with Crippen molar-refractivity contribution in [2.75, 3.05) is 5.32 Å². The molecule has 2 rings (SSSR count). The van der Waals surface area contributed by atoms with E-state index in [0.29, 0.717) is 11.3 Å². The van der Waals surface area contributed by atoms with Gasteiger partial charge in [-0.05, 0) is 37.3 Å². The highest BCUT2D eigenvalue weighted by atomic mass is 32.1. The van der Waals surface area contributed by atoms with E-state index in [-0.39, 0.29) is 16.5 Å². The number of hydrogen-bond donors (Lipinski definition) is 2. The molecule has 1 aromatic heterocycles. The van der Waals surface area contributed by atoms with Crippen LogP contribution in [0.3, 0.4) is 0 Å².